The minimum atomic E-state index is 0.532. The predicted molar refractivity (Wildman–Crippen MR) is 85.1 cm³/mol. The molecule has 1 aliphatic carbocycles. The van der Waals surface area contributed by atoms with E-state index in [0.29, 0.717) is 18.2 Å². The Bertz CT molecular complexity index is 810. The monoisotopic (exact) mass is 294 g/mol. The summed E-state index contributed by atoms with van der Waals surface area (Å²) in [5.74, 6) is 0.532. The maximum atomic E-state index is 6.19. The number of ether oxygens (including phenoxy) is 1. The van der Waals surface area contributed by atoms with E-state index in [4.69, 9.17) is 10.5 Å². The Kier molecular flexibility index (Phi) is 3.18. The Balaban J connectivity index is 1.56. The van der Waals surface area contributed by atoms with Crippen molar-refractivity contribution in [2.75, 3.05) is 12.3 Å². The predicted octanol–water partition coefficient (Wildman–Crippen LogP) is 2.42. The highest BCUT2D eigenvalue weighted by molar-refractivity contribution is 5.75. The Morgan fingerprint density at radius 2 is 2.18 bits per heavy atom. The van der Waals surface area contributed by atoms with Crippen molar-refractivity contribution in [3.05, 3.63) is 53.5 Å². The molecule has 0 amide bonds. The number of anilines is 1. The molecule has 0 radical (unpaired) electrons. The summed E-state index contributed by atoms with van der Waals surface area (Å²) in [7, 11) is 0. The molecular formula is C17H18N4O. The van der Waals surface area contributed by atoms with Crippen LogP contribution in [0, 0.1) is 0 Å². The normalized spacial score (nSPS) is 13.5. The summed E-state index contributed by atoms with van der Waals surface area (Å²) >= 11 is 0. The SMILES string of the molecule is Nc1c(OCCc2cccnc2)nn2c3c(ccc12)CCC3. The molecule has 0 fully saturated rings. The molecule has 3 aromatic heterocycles. The van der Waals surface area contributed by atoms with E-state index in [9.17, 15) is 0 Å². The molecule has 3 aromatic rings. The average molecular weight is 294 g/mol. The van der Waals surface area contributed by atoms with Crippen LogP contribution in [-0.4, -0.2) is 21.2 Å². The zero-order valence-electron chi connectivity index (χ0n) is 12.3. The van der Waals surface area contributed by atoms with E-state index in [0.717, 1.165) is 30.3 Å². The van der Waals surface area contributed by atoms with Crippen LogP contribution >= 0.6 is 0 Å². The summed E-state index contributed by atoms with van der Waals surface area (Å²) in [6, 6.07) is 8.17. The minimum Gasteiger partial charge on any atom is -0.475 e. The van der Waals surface area contributed by atoms with Crippen molar-refractivity contribution in [1.82, 2.24) is 14.6 Å². The Morgan fingerprint density at radius 1 is 1.23 bits per heavy atom. The molecule has 5 nitrogen and oxygen atoms in total. The van der Waals surface area contributed by atoms with Crippen molar-refractivity contribution >= 4 is 11.2 Å². The Labute approximate surface area is 128 Å². The highest BCUT2D eigenvalue weighted by atomic mass is 16.5. The maximum Gasteiger partial charge on any atom is 0.257 e. The van der Waals surface area contributed by atoms with Crippen LogP contribution in [0.4, 0.5) is 5.69 Å². The van der Waals surface area contributed by atoms with Crippen molar-refractivity contribution in [2.24, 2.45) is 0 Å². The van der Waals surface area contributed by atoms with Gasteiger partial charge in [-0.05, 0) is 42.5 Å². The average Bonchev–Trinajstić information content (AvgIpc) is 3.14. The molecule has 5 heteroatoms. The third-order valence-electron chi connectivity index (χ3n) is 4.21. The number of nitrogen functional groups attached to an aromatic ring is 1. The zero-order valence-corrected chi connectivity index (χ0v) is 12.3. The Hall–Kier alpha value is -2.56. The molecule has 22 heavy (non-hydrogen) atoms. The standard InChI is InChI=1S/C17H18N4O/c18-16-15-7-6-13-4-1-5-14(13)21(15)20-17(16)22-10-8-12-3-2-9-19-11-12/h2-3,6-7,9,11H,1,4-5,8,10,18H2. The number of hydrogen-bond donors (Lipinski definition) is 1. The molecule has 0 saturated heterocycles. The summed E-state index contributed by atoms with van der Waals surface area (Å²) in [6.45, 7) is 0.544. The van der Waals surface area contributed by atoms with Gasteiger partial charge >= 0.3 is 0 Å². The molecule has 112 valence electrons. The fourth-order valence-electron chi connectivity index (χ4n) is 3.06. The van der Waals surface area contributed by atoms with Crippen molar-refractivity contribution in [1.29, 1.82) is 0 Å². The molecule has 0 aromatic carbocycles. The summed E-state index contributed by atoms with van der Waals surface area (Å²) in [4.78, 5) is 4.10. The Morgan fingerprint density at radius 3 is 3.05 bits per heavy atom. The van der Waals surface area contributed by atoms with Gasteiger partial charge < -0.3 is 10.5 Å². The second kappa shape index (κ2) is 5.33. The van der Waals surface area contributed by atoms with Crippen LogP contribution in [0.5, 0.6) is 5.88 Å². The van der Waals surface area contributed by atoms with E-state index >= 15 is 0 Å². The van der Waals surface area contributed by atoms with Crippen LogP contribution in [0.2, 0.25) is 0 Å². The van der Waals surface area contributed by atoms with Crippen LogP contribution in [0.25, 0.3) is 5.52 Å². The summed E-state index contributed by atoms with van der Waals surface area (Å²) in [6.07, 6.45) is 7.78. The molecule has 4 rings (SSSR count). The fraction of sp³-hybridized carbons (Fsp3) is 0.294. The van der Waals surface area contributed by atoms with E-state index in [-0.39, 0.29) is 0 Å². The van der Waals surface area contributed by atoms with Gasteiger partial charge in [0.2, 0.25) is 0 Å². The number of rotatable bonds is 4. The largest absolute Gasteiger partial charge is 0.475 e. The van der Waals surface area contributed by atoms with Crippen molar-refractivity contribution in [2.45, 2.75) is 25.7 Å². The molecule has 0 saturated carbocycles. The van der Waals surface area contributed by atoms with Crippen LogP contribution in [0.15, 0.2) is 36.7 Å². The van der Waals surface area contributed by atoms with Gasteiger partial charge in [-0.1, -0.05) is 12.1 Å². The molecule has 2 N–H and O–H groups in total. The number of pyridine rings is 2. The number of fused-ring (bicyclic) bond motifs is 3. The maximum absolute atomic E-state index is 6.19. The van der Waals surface area contributed by atoms with Gasteiger partial charge in [-0.2, -0.15) is 0 Å². The summed E-state index contributed by atoms with van der Waals surface area (Å²) in [5.41, 5.74) is 11.5. The number of hydrogen-bond acceptors (Lipinski definition) is 4. The molecule has 1 aliphatic rings. The van der Waals surface area contributed by atoms with Crippen molar-refractivity contribution < 1.29 is 4.74 Å². The summed E-state index contributed by atoms with van der Waals surface area (Å²) < 4.78 is 7.76. The molecule has 3 heterocycles. The molecule has 0 bridgehead atoms. The van der Waals surface area contributed by atoms with Gasteiger partial charge in [0.15, 0.2) is 0 Å². The first-order chi connectivity index (χ1) is 10.8. The molecule has 0 aliphatic heterocycles. The molecule has 0 unspecified atom stereocenters. The van der Waals surface area contributed by atoms with Gasteiger partial charge in [-0.3, -0.25) is 4.98 Å². The topological polar surface area (TPSA) is 65.4 Å². The lowest BCUT2D eigenvalue weighted by atomic mass is 10.2. The highest BCUT2D eigenvalue weighted by Crippen LogP contribution is 2.30. The first-order valence-corrected chi connectivity index (χ1v) is 7.63. The lowest BCUT2D eigenvalue weighted by molar-refractivity contribution is 0.309. The van der Waals surface area contributed by atoms with E-state index in [1.165, 1.54) is 17.7 Å². The van der Waals surface area contributed by atoms with Gasteiger partial charge in [0.25, 0.3) is 5.88 Å². The van der Waals surface area contributed by atoms with Gasteiger partial charge in [-0.15, -0.1) is 5.10 Å². The summed E-state index contributed by atoms with van der Waals surface area (Å²) in [5, 5.41) is 4.57. The van der Waals surface area contributed by atoms with E-state index in [1.807, 2.05) is 28.9 Å². The lowest BCUT2D eigenvalue weighted by Gasteiger charge is -2.03. The van der Waals surface area contributed by atoms with Crippen LogP contribution < -0.4 is 10.5 Å². The van der Waals surface area contributed by atoms with Crippen LogP contribution in [0.3, 0.4) is 0 Å². The quantitative estimate of drug-likeness (QED) is 0.802. The minimum absolute atomic E-state index is 0.532. The van der Waals surface area contributed by atoms with Crippen molar-refractivity contribution in [3.8, 4) is 5.88 Å². The number of nitrogens with zero attached hydrogens (tertiary/aromatic N) is 3. The molecule has 0 atom stereocenters. The van der Waals surface area contributed by atoms with Crippen LogP contribution in [-0.2, 0) is 19.3 Å². The third kappa shape index (κ3) is 2.19. The number of nitrogens with two attached hydrogens (primary N) is 1. The third-order valence-corrected chi connectivity index (χ3v) is 4.21. The van der Waals surface area contributed by atoms with Gasteiger partial charge in [0, 0.05) is 24.5 Å². The van der Waals surface area contributed by atoms with E-state index < -0.39 is 0 Å². The first-order valence-electron chi connectivity index (χ1n) is 7.63. The van der Waals surface area contributed by atoms with E-state index in [2.05, 4.69) is 16.1 Å². The first kappa shape index (κ1) is 13.1. The second-order valence-electron chi connectivity index (χ2n) is 5.63. The molecule has 0 spiro atoms. The zero-order chi connectivity index (χ0) is 14.9. The smallest absolute Gasteiger partial charge is 0.257 e. The lowest BCUT2D eigenvalue weighted by Crippen LogP contribution is -2.03. The van der Waals surface area contributed by atoms with Crippen LogP contribution in [0.1, 0.15) is 23.2 Å². The second-order valence-corrected chi connectivity index (χ2v) is 5.63. The number of aromatic nitrogens is 3. The van der Waals surface area contributed by atoms with Crippen molar-refractivity contribution in [3.63, 3.8) is 0 Å². The fourth-order valence-corrected chi connectivity index (χ4v) is 3.06. The van der Waals surface area contributed by atoms with Gasteiger partial charge in [0.05, 0.1) is 12.1 Å². The highest BCUT2D eigenvalue weighted by Gasteiger charge is 2.19. The number of aryl methyl sites for hydroxylation is 2. The van der Waals surface area contributed by atoms with Gasteiger partial charge in [0.1, 0.15) is 5.69 Å². The molecular weight excluding hydrogens is 276 g/mol. The van der Waals surface area contributed by atoms with Gasteiger partial charge in [-0.25, -0.2) is 4.52 Å². The van der Waals surface area contributed by atoms with E-state index in [1.54, 1.807) is 6.20 Å².